The van der Waals surface area contributed by atoms with Gasteiger partial charge in [0.2, 0.25) is 0 Å². The molecule has 150 valence electrons. The second kappa shape index (κ2) is 7.91. The SMILES string of the molecule is C[C@H]([NH2+][C@H]1CCCC[C@@H]1C)C(=O)Nc1ccc2c(c1)C(=O)c1ccccc1C2=O. The van der Waals surface area contributed by atoms with Crippen LogP contribution in [-0.4, -0.2) is 29.6 Å². The lowest BCUT2D eigenvalue weighted by Gasteiger charge is -2.28. The van der Waals surface area contributed by atoms with Gasteiger partial charge in [0.25, 0.3) is 5.91 Å². The van der Waals surface area contributed by atoms with Crippen molar-refractivity contribution in [1.82, 2.24) is 0 Å². The number of ketones is 2. The van der Waals surface area contributed by atoms with Crippen LogP contribution in [0, 0.1) is 5.92 Å². The maximum absolute atomic E-state index is 12.9. The molecule has 5 nitrogen and oxygen atoms in total. The van der Waals surface area contributed by atoms with E-state index in [-0.39, 0.29) is 23.5 Å². The fourth-order valence-corrected chi connectivity index (χ4v) is 4.52. The summed E-state index contributed by atoms with van der Waals surface area (Å²) in [4.78, 5) is 38.3. The van der Waals surface area contributed by atoms with Crippen molar-refractivity contribution in [2.24, 2.45) is 5.92 Å². The van der Waals surface area contributed by atoms with Crippen molar-refractivity contribution in [3.8, 4) is 0 Å². The third kappa shape index (κ3) is 3.75. The number of nitrogens with one attached hydrogen (secondary N) is 1. The molecule has 0 aliphatic heterocycles. The first-order valence-electron chi connectivity index (χ1n) is 10.4. The van der Waals surface area contributed by atoms with Gasteiger partial charge in [-0.3, -0.25) is 14.4 Å². The Balaban J connectivity index is 1.50. The maximum Gasteiger partial charge on any atom is 0.282 e. The number of anilines is 1. The summed E-state index contributed by atoms with van der Waals surface area (Å²) in [5.41, 5.74) is 2.14. The van der Waals surface area contributed by atoms with Gasteiger partial charge < -0.3 is 10.6 Å². The minimum Gasteiger partial charge on any atom is -0.334 e. The van der Waals surface area contributed by atoms with Crippen molar-refractivity contribution < 1.29 is 19.7 Å². The van der Waals surface area contributed by atoms with Gasteiger partial charge in [-0.25, -0.2) is 0 Å². The number of rotatable bonds is 4. The summed E-state index contributed by atoms with van der Waals surface area (Å²) in [7, 11) is 0. The van der Waals surface area contributed by atoms with Crippen molar-refractivity contribution in [1.29, 1.82) is 0 Å². The van der Waals surface area contributed by atoms with Crippen LogP contribution in [0.5, 0.6) is 0 Å². The van der Waals surface area contributed by atoms with Crippen molar-refractivity contribution in [2.75, 3.05) is 5.32 Å². The van der Waals surface area contributed by atoms with E-state index in [0.717, 1.165) is 6.42 Å². The summed E-state index contributed by atoms with van der Waals surface area (Å²) >= 11 is 0. The first-order chi connectivity index (χ1) is 14.0. The number of benzene rings is 2. The second-order valence-electron chi connectivity index (χ2n) is 8.36. The van der Waals surface area contributed by atoms with E-state index in [0.29, 0.717) is 39.9 Å². The summed E-state index contributed by atoms with van der Waals surface area (Å²) in [5, 5.41) is 5.09. The molecule has 0 bridgehead atoms. The second-order valence-corrected chi connectivity index (χ2v) is 8.36. The van der Waals surface area contributed by atoms with Gasteiger partial charge in [-0.15, -0.1) is 0 Å². The molecule has 0 heterocycles. The van der Waals surface area contributed by atoms with Gasteiger partial charge in [-0.2, -0.15) is 0 Å². The van der Waals surface area contributed by atoms with E-state index in [2.05, 4.69) is 17.6 Å². The Bertz CT molecular complexity index is 982. The Hall–Kier alpha value is -2.79. The highest BCUT2D eigenvalue weighted by atomic mass is 16.2. The van der Waals surface area contributed by atoms with Crippen molar-refractivity contribution in [3.05, 3.63) is 64.7 Å². The van der Waals surface area contributed by atoms with E-state index in [9.17, 15) is 14.4 Å². The average molecular weight is 391 g/mol. The molecular formula is C24H27N2O3+. The van der Waals surface area contributed by atoms with E-state index in [4.69, 9.17) is 0 Å². The summed E-state index contributed by atoms with van der Waals surface area (Å²) in [6.07, 6.45) is 4.87. The van der Waals surface area contributed by atoms with Crippen molar-refractivity contribution in [3.63, 3.8) is 0 Å². The van der Waals surface area contributed by atoms with Crippen LogP contribution in [0.4, 0.5) is 5.69 Å². The number of carbonyl (C=O) groups is 3. The van der Waals surface area contributed by atoms with Crippen LogP contribution < -0.4 is 10.6 Å². The van der Waals surface area contributed by atoms with Gasteiger partial charge in [-0.1, -0.05) is 37.6 Å². The molecule has 3 atom stereocenters. The van der Waals surface area contributed by atoms with Crippen LogP contribution in [0.25, 0.3) is 0 Å². The molecule has 0 spiro atoms. The molecule has 0 unspecified atom stereocenters. The molecular weight excluding hydrogens is 364 g/mol. The summed E-state index contributed by atoms with van der Waals surface area (Å²) in [6.45, 7) is 4.18. The third-order valence-corrected chi connectivity index (χ3v) is 6.32. The molecule has 2 aromatic rings. The molecule has 1 saturated carbocycles. The molecule has 3 N–H and O–H groups in total. The van der Waals surface area contributed by atoms with Crippen molar-refractivity contribution in [2.45, 2.75) is 51.6 Å². The van der Waals surface area contributed by atoms with Gasteiger partial charge >= 0.3 is 0 Å². The van der Waals surface area contributed by atoms with Gasteiger partial charge in [0.15, 0.2) is 17.6 Å². The van der Waals surface area contributed by atoms with Crippen LogP contribution in [0.2, 0.25) is 0 Å². The Morgan fingerprint density at radius 2 is 1.59 bits per heavy atom. The van der Waals surface area contributed by atoms with E-state index < -0.39 is 0 Å². The molecule has 4 rings (SSSR count). The smallest absolute Gasteiger partial charge is 0.282 e. The van der Waals surface area contributed by atoms with Crippen LogP contribution in [0.1, 0.15) is 71.4 Å². The summed E-state index contributed by atoms with van der Waals surface area (Å²) in [6, 6.07) is 12.1. The van der Waals surface area contributed by atoms with Crippen LogP contribution >= 0.6 is 0 Å². The van der Waals surface area contributed by atoms with E-state index in [1.165, 1.54) is 19.3 Å². The molecule has 0 saturated heterocycles. The Labute approximate surface area is 170 Å². The molecule has 1 fully saturated rings. The van der Waals surface area contributed by atoms with E-state index >= 15 is 0 Å². The average Bonchev–Trinajstić information content (AvgIpc) is 2.73. The minimum atomic E-state index is -0.213. The lowest BCUT2D eigenvalue weighted by molar-refractivity contribution is -0.714. The number of amides is 1. The molecule has 2 aliphatic carbocycles. The zero-order valence-corrected chi connectivity index (χ0v) is 16.9. The third-order valence-electron chi connectivity index (χ3n) is 6.32. The number of fused-ring (bicyclic) bond motifs is 2. The largest absolute Gasteiger partial charge is 0.334 e. The predicted molar refractivity (Wildman–Crippen MR) is 111 cm³/mol. The lowest BCUT2D eigenvalue weighted by atomic mass is 9.84. The molecule has 1 amide bonds. The fourth-order valence-electron chi connectivity index (χ4n) is 4.52. The van der Waals surface area contributed by atoms with Gasteiger partial charge in [0.1, 0.15) is 0 Å². The van der Waals surface area contributed by atoms with Crippen LogP contribution in [0.3, 0.4) is 0 Å². The Morgan fingerprint density at radius 3 is 2.28 bits per heavy atom. The number of hydrogen-bond acceptors (Lipinski definition) is 3. The predicted octanol–water partition coefficient (Wildman–Crippen LogP) is 2.93. The summed E-state index contributed by atoms with van der Waals surface area (Å²) < 4.78 is 0. The first-order valence-corrected chi connectivity index (χ1v) is 10.4. The molecule has 29 heavy (non-hydrogen) atoms. The number of carbonyl (C=O) groups excluding carboxylic acids is 3. The van der Waals surface area contributed by atoms with Crippen molar-refractivity contribution >= 4 is 23.2 Å². The van der Waals surface area contributed by atoms with Gasteiger partial charge in [0, 0.05) is 33.9 Å². The number of hydrogen-bond donors (Lipinski definition) is 2. The minimum absolute atomic E-state index is 0.0855. The lowest BCUT2D eigenvalue weighted by Crippen LogP contribution is -2.97. The Morgan fingerprint density at radius 1 is 0.966 bits per heavy atom. The first kappa shape index (κ1) is 19.5. The standard InChI is InChI=1S/C24H26N2O3/c1-14-7-3-6-10-21(14)25-15(2)24(29)26-16-11-12-19-20(13-16)23(28)18-9-5-4-8-17(18)22(19)27/h4-5,8-9,11-15,21,25H,3,6-7,10H2,1-2H3,(H,26,29)/p+1/t14-,15-,21-/m0/s1. The molecule has 5 heteroatoms. The molecule has 0 aromatic heterocycles. The number of quaternary nitrogens is 1. The molecule has 0 radical (unpaired) electrons. The van der Waals surface area contributed by atoms with E-state index in [1.807, 2.05) is 6.92 Å². The van der Waals surface area contributed by atoms with Gasteiger partial charge in [-0.05, 0) is 44.4 Å². The molecule has 2 aromatic carbocycles. The quantitative estimate of drug-likeness (QED) is 0.718. The highest BCUT2D eigenvalue weighted by Gasteiger charge is 2.31. The fraction of sp³-hybridized carbons (Fsp3) is 0.375. The zero-order valence-electron chi connectivity index (χ0n) is 16.9. The highest BCUT2D eigenvalue weighted by Crippen LogP contribution is 2.29. The maximum atomic E-state index is 12.9. The number of nitrogens with two attached hydrogens (primary N) is 1. The van der Waals surface area contributed by atoms with Gasteiger partial charge in [0.05, 0.1) is 6.04 Å². The molecule has 2 aliphatic rings. The normalized spacial score (nSPS) is 21.9. The van der Waals surface area contributed by atoms with Crippen LogP contribution in [-0.2, 0) is 4.79 Å². The van der Waals surface area contributed by atoms with E-state index in [1.54, 1.807) is 42.5 Å². The zero-order chi connectivity index (χ0) is 20.5. The topological polar surface area (TPSA) is 79.8 Å². The Kier molecular flexibility index (Phi) is 5.33. The monoisotopic (exact) mass is 391 g/mol. The summed E-state index contributed by atoms with van der Waals surface area (Å²) in [5.74, 6) is 0.201. The van der Waals surface area contributed by atoms with Crippen LogP contribution in [0.15, 0.2) is 42.5 Å². The highest BCUT2D eigenvalue weighted by molar-refractivity contribution is 6.28.